The van der Waals surface area contributed by atoms with E-state index in [-0.39, 0.29) is 6.04 Å². The van der Waals surface area contributed by atoms with Crippen LogP contribution in [-0.4, -0.2) is 26.0 Å². The van der Waals surface area contributed by atoms with E-state index in [4.69, 9.17) is 5.73 Å². The molecule has 1 unspecified atom stereocenters. The van der Waals surface area contributed by atoms with E-state index >= 15 is 0 Å². The molecule has 0 saturated carbocycles. The van der Waals surface area contributed by atoms with Crippen LogP contribution in [0.2, 0.25) is 0 Å². The minimum atomic E-state index is -3.39. The molecule has 5 nitrogen and oxygen atoms in total. The second-order valence-corrected chi connectivity index (χ2v) is 4.75. The molecular weight excluding hydrogens is 210 g/mol. The molecule has 0 fully saturated rings. The minimum absolute atomic E-state index is 0.276. The number of thiocarbonyl (C=S) groups is 1. The lowest BCUT2D eigenvalue weighted by Gasteiger charge is -2.12. The van der Waals surface area contributed by atoms with Crippen molar-refractivity contribution in [2.75, 3.05) is 6.54 Å². The summed E-state index contributed by atoms with van der Waals surface area (Å²) in [5.41, 5.74) is 5.26. The van der Waals surface area contributed by atoms with Gasteiger partial charge in [-0.3, -0.25) is 0 Å². The molecule has 0 aromatic rings. The maximum Gasteiger partial charge on any atom is 0.277 e. The van der Waals surface area contributed by atoms with Gasteiger partial charge in [-0.25, -0.2) is 4.72 Å². The van der Waals surface area contributed by atoms with Crippen molar-refractivity contribution in [2.24, 2.45) is 5.73 Å². The molecule has 0 heterocycles. The van der Waals surface area contributed by atoms with Gasteiger partial charge in [0.2, 0.25) is 0 Å². The highest BCUT2D eigenvalue weighted by atomic mass is 32.2. The fourth-order valence-electron chi connectivity index (χ4n) is 0.840. The average molecular weight is 225 g/mol. The Labute approximate surface area is 84.3 Å². The number of nitrogens with one attached hydrogen (secondary N) is 2. The first kappa shape index (κ1) is 12.8. The van der Waals surface area contributed by atoms with Gasteiger partial charge in [-0.2, -0.15) is 13.1 Å². The maximum atomic E-state index is 11.1. The first-order chi connectivity index (χ1) is 5.87. The summed E-state index contributed by atoms with van der Waals surface area (Å²) in [6, 6.07) is -0.276. The molecule has 7 heteroatoms. The highest BCUT2D eigenvalue weighted by Crippen LogP contribution is 1.92. The van der Waals surface area contributed by atoms with Gasteiger partial charge >= 0.3 is 0 Å². The van der Waals surface area contributed by atoms with Crippen molar-refractivity contribution >= 4 is 27.4 Å². The molecular formula is C6H15N3O2S2. The zero-order valence-corrected chi connectivity index (χ0v) is 9.33. The standard InChI is InChI=1S/C6H15N3O2S2/c1-3-8-13(10,11)9-5(2)4-6(7)12/h5,8-9H,3-4H2,1-2H3,(H2,7,12). The van der Waals surface area contributed by atoms with E-state index in [1.807, 2.05) is 0 Å². The Balaban J connectivity index is 4.04. The summed E-state index contributed by atoms with van der Waals surface area (Å²) in [6.07, 6.45) is 0.361. The molecule has 0 saturated heterocycles. The summed E-state index contributed by atoms with van der Waals surface area (Å²) in [4.78, 5) is 0.298. The van der Waals surface area contributed by atoms with E-state index < -0.39 is 10.2 Å². The predicted octanol–water partition coefficient (Wildman–Crippen LogP) is -0.505. The number of hydrogen-bond acceptors (Lipinski definition) is 3. The first-order valence-electron chi connectivity index (χ1n) is 3.92. The SMILES string of the molecule is CCNS(=O)(=O)NC(C)CC(N)=S. The van der Waals surface area contributed by atoms with Crippen LogP contribution in [0, 0.1) is 0 Å². The highest BCUT2D eigenvalue weighted by Gasteiger charge is 2.12. The van der Waals surface area contributed by atoms with Crippen LogP contribution in [0.3, 0.4) is 0 Å². The van der Waals surface area contributed by atoms with Crippen LogP contribution in [0.4, 0.5) is 0 Å². The van der Waals surface area contributed by atoms with Gasteiger partial charge in [-0.1, -0.05) is 19.1 Å². The molecule has 0 bridgehead atoms. The zero-order chi connectivity index (χ0) is 10.5. The van der Waals surface area contributed by atoms with Gasteiger partial charge < -0.3 is 5.73 Å². The summed E-state index contributed by atoms with van der Waals surface area (Å²) in [6.45, 7) is 3.76. The van der Waals surface area contributed by atoms with Gasteiger partial charge in [-0.05, 0) is 6.92 Å². The molecule has 0 aromatic carbocycles. The summed E-state index contributed by atoms with van der Waals surface area (Å²) in [5, 5.41) is 0. The summed E-state index contributed by atoms with van der Waals surface area (Å²) < 4.78 is 26.9. The van der Waals surface area contributed by atoms with E-state index in [1.54, 1.807) is 13.8 Å². The highest BCUT2D eigenvalue weighted by molar-refractivity contribution is 7.87. The van der Waals surface area contributed by atoms with Crippen LogP contribution < -0.4 is 15.2 Å². The molecule has 0 aliphatic carbocycles. The Hall–Kier alpha value is -0.240. The molecule has 0 spiro atoms. The van der Waals surface area contributed by atoms with E-state index in [1.165, 1.54) is 0 Å². The van der Waals surface area contributed by atoms with Gasteiger partial charge in [0.25, 0.3) is 10.2 Å². The van der Waals surface area contributed by atoms with Crippen molar-refractivity contribution in [3.8, 4) is 0 Å². The predicted molar refractivity (Wildman–Crippen MR) is 56.6 cm³/mol. The molecule has 4 N–H and O–H groups in total. The third-order valence-corrected chi connectivity index (χ3v) is 2.75. The molecule has 0 rings (SSSR count). The van der Waals surface area contributed by atoms with E-state index in [9.17, 15) is 8.42 Å². The largest absolute Gasteiger partial charge is 0.393 e. The number of nitrogens with two attached hydrogens (primary N) is 1. The van der Waals surface area contributed by atoms with Crippen LogP contribution in [0.25, 0.3) is 0 Å². The summed E-state index contributed by atoms with van der Waals surface area (Å²) in [7, 11) is -3.39. The molecule has 0 amide bonds. The molecule has 78 valence electrons. The van der Waals surface area contributed by atoms with Crippen LogP contribution in [0.15, 0.2) is 0 Å². The normalized spacial score (nSPS) is 14.0. The quantitative estimate of drug-likeness (QED) is 0.532. The Morgan fingerprint density at radius 3 is 2.54 bits per heavy atom. The van der Waals surface area contributed by atoms with Crippen molar-refractivity contribution in [2.45, 2.75) is 26.3 Å². The van der Waals surface area contributed by atoms with Crippen LogP contribution in [-0.2, 0) is 10.2 Å². The van der Waals surface area contributed by atoms with Crippen LogP contribution in [0.5, 0.6) is 0 Å². The lowest BCUT2D eigenvalue weighted by molar-refractivity contribution is 0.552. The van der Waals surface area contributed by atoms with Gasteiger partial charge in [0.15, 0.2) is 0 Å². The summed E-state index contributed by atoms with van der Waals surface area (Å²) in [5.74, 6) is 0. The third-order valence-electron chi connectivity index (χ3n) is 1.20. The van der Waals surface area contributed by atoms with Crippen molar-refractivity contribution < 1.29 is 8.42 Å². The molecule has 0 aliphatic rings. The van der Waals surface area contributed by atoms with Crippen molar-refractivity contribution in [3.63, 3.8) is 0 Å². The molecule has 0 aliphatic heterocycles. The first-order valence-corrected chi connectivity index (χ1v) is 5.81. The number of hydrogen-bond donors (Lipinski definition) is 3. The average Bonchev–Trinajstić information content (AvgIpc) is 1.81. The van der Waals surface area contributed by atoms with Crippen LogP contribution >= 0.6 is 12.2 Å². The Kier molecular flexibility index (Phi) is 5.38. The van der Waals surface area contributed by atoms with E-state index in [0.29, 0.717) is 18.0 Å². The monoisotopic (exact) mass is 225 g/mol. The summed E-state index contributed by atoms with van der Waals surface area (Å²) >= 11 is 4.65. The van der Waals surface area contributed by atoms with Gasteiger partial charge in [0.05, 0.1) is 4.99 Å². The van der Waals surface area contributed by atoms with E-state index in [2.05, 4.69) is 21.7 Å². The topological polar surface area (TPSA) is 84.2 Å². The minimum Gasteiger partial charge on any atom is -0.393 e. The Bertz CT molecular complexity index is 263. The van der Waals surface area contributed by atoms with Crippen LogP contribution in [0.1, 0.15) is 20.3 Å². The Morgan fingerprint density at radius 2 is 2.15 bits per heavy atom. The Morgan fingerprint density at radius 1 is 1.62 bits per heavy atom. The number of rotatable bonds is 6. The fraction of sp³-hybridized carbons (Fsp3) is 0.833. The fourth-order valence-corrected chi connectivity index (χ4v) is 2.17. The van der Waals surface area contributed by atoms with Gasteiger partial charge in [-0.15, -0.1) is 0 Å². The second-order valence-electron chi connectivity index (χ2n) is 2.69. The lowest BCUT2D eigenvalue weighted by Crippen LogP contribution is -2.42. The van der Waals surface area contributed by atoms with E-state index in [0.717, 1.165) is 0 Å². The van der Waals surface area contributed by atoms with Crippen molar-refractivity contribution in [3.05, 3.63) is 0 Å². The molecule has 1 atom stereocenters. The molecule has 0 aromatic heterocycles. The smallest absolute Gasteiger partial charge is 0.277 e. The van der Waals surface area contributed by atoms with Crippen molar-refractivity contribution in [1.29, 1.82) is 0 Å². The van der Waals surface area contributed by atoms with Gasteiger partial charge in [0, 0.05) is 19.0 Å². The third kappa shape index (κ3) is 6.88. The zero-order valence-electron chi connectivity index (χ0n) is 7.70. The molecule has 13 heavy (non-hydrogen) atoms. The molecule has 0 radical (unpaired) electrons. The van der Waals surface area contributed by atoms with Crippen molar-refractivity contribution in [1.82, 2.24) is 9.44 Å². The van der Waals surface area contributed by atoms with Gasteiger partial charge in [0.1, 0.15) is 0 Å². The lowest BCUT2D eigenvalue weighted by atomic mass is 10.3. The second kappa shape index (κ2) is 5.48. The maximum absolute atomic E-state index is 11.1.